The minimum atomic E-state index is -1.30. The fourth-order valence-corrected chi connectivity index (χ4v) is 3.60. The first-order valence-electron chi connectivity index (χ1n) is 9.28. The zero-order valence-electron chi connectivity index (χ0n) is 15.4. The number of hydrogen-bond donors (Lipinski definition) is 1. The van der Waals surface area contributed by atoms with E-state index in [1.165, 1.54) is 19.3 Å². The van der Waals surface area contributed by atoms with Gasteiger partial charge in [0.2, 0.25) is 5.91 Å². The molecular weight excluding hydrogens is 345 g/mol. The summed E-state index contributed by atoms with van der Waals surface area (Å²) in [6.45, 7) is 2.19. The van der Waals surface area contributed by atoms with Gasteiger partial charge >= 0.3 is 8.38 Å². The number of para-hydroxylation sites is 2. The van der Waals surface area contributed by atoms with Gasteiger partial charge in [0.05, 0.1) is 0 Å². The van der Waals surface area contributed by atoms with Gasteiger partial charge in [-0.2, -0.15) is 0 Å². The molecule has 0 aliphatic heterocycles. The summed E-state index contributed by atoms with van der Waals surface area (Å²) in [5, 5.41) is 2.95. The lowest BCUT2D eigenvalue weighted by Crippen LogP contribution is -2.25. The van der Waals surface area contributed by atoms with Gasteiger partial charge in [0, 0.05) is 6.42 Å². The summed E-state index contributed by atoms with van der Waals surface area (Å²) in [6.07, 6.45) is 6.62. The molecule has 2 rings (SSSR count). The third kappa shape index (κ3) is 8.35. The van der Waals surface area contributed by atoms with E-state index in [9.17, 15) is 4.79 Å². The molecule has 1 N–H and O–H groups in total. The van der Waals surface area contributed by atoms with Gasteiger partial charge < -0.3 is 14.4 Å². The molecule has 0 atom stereocenters. The van der Waals surface area contributed by atoms with Gasteiger partial charge in [0.1, 0.15) is 17.8 Å². The lowest BCUT2D eigenvalue weighted by atomic mass is 10.1. The van der Waals surface area contributed by atoms with Crippen LogP contribution >= 0.6 is 8.38 Å². The fraction of sp³-hybridized carbons (Fsp3) is 0.381. The summed E-state index contributed by atoms with van der Waals surface area (Å²) in [7, 11) is -1.30. The normalized spacial score (nSPS) is 10.5. The van der Waals surface area contributed by atoms with Crippen LogP contribution in [0.1, 0.15) is 45.4 Å². The third-order valence-corrected chi connectivity index (χ3v) is 5.06. The first-order chi connectivity index (χ1) is 12.8. The molecule has 4 nitrogen and oxygen atoms in total. The monoisotopic (exact) mass is 373 g/mol. The van der Waals surface area contributed by atoms with Crippen LogP contribution in [0.3, 0.4) is 0 Å². The molecule has 26 heavy (non-hydrogen) atoms. The van der Waals surface area contributed by atoms with Crippen LogP contribution in [0.5, 0.6) is 11.5 Å². The van der Waals surface area contributed by atoms with Crippen molar-refractivity contribution in [1.82, 2.24) is 5.32 Å². The van der Waals surface area contributed by atoms with Gasteiger partial charge in [-0.1, -0.05) is 69.0 Å². The predicted octanol–water partition coefficient (Wildman–Crippen LogP) is 5.89. The van der Waals surface area contributed by atoms with Crippen molar-refractivity contribution < 1.29 is 13.8 Å². The summed E-state index contributed by atoms with van der Waals surface area (Å²) in [5.41, 5.74) is 0. The van der Waals surface area contributed by atoms with Crippen molar-refractivity contribution >= 4 is 14.3 Å². The standard InChI is InChI=1S/C21H28NO3P/c1-2-3-4-5-12-17-21(23)22-18-26(24-19-13-8-6-9-14-19)25-20-15-10-7-11-16-20/h6-11,13-16H,2-5,12,17-18H2,1H3,(H,22,23). The Hall–Kier alpha value is -2.06. The number of rotatable bonds is 12. The highest BCUT2D eigenvalue weighted by atomic mass is 31.2. The van der Waals surface area contributed by atoms with Crippen molar-refractivity contribution in [2.45, 2.75) is 45.4 Å². The highest BCUT2D eigenvalue weighted by Gasteiger charge is 2.16. The number of amides is 1. The average molecular weight is 373 g/mol. The molecule has 0 aliphatic carbocycles. The van der Waals surface area contributed by atoms with Crippen molar-refractivity contribution in [1.29, 1.82) is 0 Å². The van der Waals surface area contributed by atoms with E-state index in [0.717, 1.165) is 24.3 Å². The predicted molar refractivity (Wildman–Crippen MR) is 107 cm³/mol. The van der Waals surface area contributed by atoms with Crippen LogP contribution in [-0.4, -0.2) is 12.2 Å². The molecule has 0 fully saturated rings. The van der Waals surface area contributed by atoms with Gasteiger partial charge in [-0.3, -0.25) is 4.79 Å². The second-order valence-electron chi connectivity index (χ2n) is 6.06. The van der Waals surface area contributed by atoms with Gasteiger partial charge in [0.25, 0.3) is 0 Å². The maximum Gasteiger partial charge on any atom is 0.311 e. The molecule has 0 spiro atoms. The van der Waals surface area contributed by atoms with Crippen LogP contribution in [0, 0.1) is 0 Å². The Kier molecular flexibility index (Phi) is 9.60. The number of unbranched alkanes of at least 4 members (excludes halogenated alkanes) is 4. The highest BCUT2D eigenvalue weighted by Crippen LogP contribution is 2.39. The Balaban J connectivity index is 1.82. The molecule has 0 radical (unpaired) electrons. The van der Waals surface area contributed by atoms with E-state index in [0.29, 0.717) is 12.7 Å². The van der Waals surface area contributed by atoms with Crippen molar-refractivity contribution in [3.8, 4) is 11.5 Å². The van der Waals surface area contributed by atoms with E-state index in [4.69, 9.17) is 9.05 Å². The van der Waals surface area contributed by atoms with Gasteiger partial charge in [-0.15, -0.1) is 0 Å². The number of hydrogen-bond acceptors (Lipinski definition) is 3. The fourth-order valence-electron chi connectivity index (χ4n) is 2.41. The van der Waals surface area contributed by atoms with Gasteiger partial charge in [0.15, 0.2) is 0 Å². The molecule has 2 aromatic carbocycles. The van der Waals surface area contributed by atoms with Gasteiger partial charge in [-0.05, 0) is 30.7 Å². The molecule has 0 aliphatic rings. The Morgan fingerprint density at radius 3 is 1.92 bits per heavy atom. The number of carbonyl (C=O) groups is 1. The van der Waals surface area contributed by atoms with E-state index < -0.39 is 8.38 Å². The summed E-state index contributed by atoms with van der Waals surface area (Å²) in [6, 6.07) is 19.1. The third-order valence-electron chi connectivity index (χ3n) is 3.81. The van der Waals surface area contributed by atoms with Crippen LogP contribution in [0.15, 0.2) is 60.7 Å². The molecule has 1 amide bonds. The maximum absolute atomic E-state index is 12.1. The molecule has 0 saturated heterocycles. The van der Waals surface area contributed by atoms with Crippen molar-refractivity contribution in [3.05, 3.63) is 60.7 Å². The molecule has 2 aromatic rings. The largest absolute Gasteiger partial charge is 0.437 e. The van der Waals surface area contributed by atoms with E-state index in [1.807, 2.05) is 60.7 Å². The van der Waals surface area contributed by atoms with Crippen molar-refractivity contribution in [2.24, 2.45) is 0 Å². The van der Waals surface area contributed by atoms with Crippen molar-refractivity contribution in [2.75, 3.05) is 6.29 Å². The van der Waals surface area contributed by atoms with Crippen molar-refractivity contribution in [3.63, 3.8) is 0 Å². The van der Waals surface area contributed by atoms with E-state index in [1.54, 1.807) is 0 Å². The van der Waals surface area contributed by atoms with Crippen LogP contribution in [0.4, 0.5) is 0 Å². The maximum atomic E-state index is 12.1. The topological polar surface area (TPSA) is 47.6 Å². The first-order valence-corrected chi connectivity index (χ1v) is 10.6. The SMILES string of the molecule is CCCCCCCC(=O)NCP(Oc1ccccc1)Oc1ccccc1. The van der Waals surface area contributed by atoms with E-state index in [-0.39, 0.29) is 5.91 Å². The summed E-state index contributed by atoms with van der Waals surface area (Å²) in [5.74, 6) is 1.54. The Morgan fingerprint density at radius 1 is 0.846 bits per heavy atom. The average Bonchev–Trinajstić information content (AvgIpc) is 2.67. The van der Waals surface area contributed by atoms with Crippen LogP contribution in [0.25, 0.3) is 0 Å². The zero-order chi connectivity index (χ0) is 18.5. The molecule has 0 heterocycles. The molecule has 0 unspecified atom stereocenters. The van der Waals surface area contributed by atoms with Gasteiger partial charge in [-0.25, -0.2) is 0 Å². The molecule has 0 saturated carbocycles. The molecule has 0 aromatic heterocycles. The Morgan fingerprint density at radius 2 is 1.38 bits per heavy atom. The smallest absolute Gasteiger partial charge is 0.311 e. The van der Waals surface area contributed by atoms with Crippen LogP contribution in [0.2, 0.25) is 0 Å². The Bertz CT molecular complexity index is 580. The molecule has 5 heteroatoms. The molecular formula is C21H28NO3P. The second kappa shape index (κ2) is 12.3. The second-order valence-corrected chi connectivity index (χ2v) is 7.41. The molecule has 140 valence electrons. The lowest BCUT2D eigenvalue weighted by molar-refractivity contribution is -0.120. The molecule has 0 bridgehead atoms. The number of benzene rings is 2. The first kappa shape index (κ1) is 20.3. The Labute approximate surface area is 157 Å². The zero-order valence-corrected chi connectivity index (χ0v) is 16.3. The van der Waals surface area contributed by atoms with E-state index in [2.05, 4.69) is 12.2 Å². The van der Waals surface area contributed by atoms with Crippen LogP contribution in [-0.2, 0) is 4.79 Å². The summed E-state index contributed by atoms with van der Waals surface area (Å²) in [4.78, 5) is 12.1. The van der Waals surface area contributed by atoms with E-state index >= 15 is 0 Å². The number of carbonyl (C=O) groups excluding carboxylic acids is 1. The lowest BCUT2D eigenvalue weighted by Gasteiger charge is -2.19. The number of nitrogens with one attached hydrogen (secondary N) is 1. The van der Waals surface area contributed by atoms with Crippen LogP contribution < -0.4 is 14.4 Å². The quantitative estimate of drug-likeness (QED) is 0.373. The minimum absolute atomic E-state index is 0.0577. The summed E-state index contributed by atoms with van der Waals surface area (Å²) >= 11 is 0. The minimum Gasteiger partial charge on any atom is -0.437 e. The highest BCUT2D eigenvalue weighted by molar-refractivity contribution is 7.48. The summed E-state index contributed by atoms with van der Waals surface area (Å²) < 4.78 is 11.9.